The average Bonchev–Trinajstić information content (AvgIpc) is 2.68. The van der Waals surface area contributed by atoms with Crippen molar-refractivity contribution in [2.75, 3.05) is 12.3 Å². The zero-order valence-corrected chi connectivity index (χ0v) is 8.61. The number of aromatic nitrogens is 4. The molecule has 0 saturated carbocycles. The second-order valence-corrected chi connectivity index (χ2v) is 3.50. The Bertz CT molecular complexity index is 484. The van der Waals surface area contributed by atoms with E-state index in [9.17, 15) is 5.11 Å². The van der Waals surface area contributed by atoms with Crippen LogP contribution in [0.15, 0.2) is 12.5 Å². The summed E-state index contributed by atoms with van der Waals surface area (Å²) < 4.78 is 1.77. The summed E-state index contributed by atoms with van der Waals surface area (Å²) in [7, 11) is 0. The van der Waals surface area contributed by atoms with Crippen molar-refractivity contribution in [2.24, 2.45) is 0 Å². The highest BCUT2D eigenvalue weighted by atomic mass is 16.3. The highest BCUT2D eigenvalue weighted by Crippen LogP contribution is 2.10. The number of nitrogens with zero attached hydrogens (tertiary/aromatic N) is 4. The first-order chi connectivity index (χ1) is 7.70. The van der Waals surface area contributed by atoms with Crippen LogP contribution in [0.25, 0.3) is 11.2 Å². The van der Waals surface area contributed by atoms with Crippen LogP contribution in [0.1, 0.15) is 6.42 Å². The smallest absolute Gasteiger partial charge is 0.222 e. The highest BCUT2D eigenvalue weighted by Gasteiger charge is 2.07. The number of aliphatic hydroxyl groups excluding tert-OH is 2. The van der Waals surface area contributed by atoms with Crippen molar-refractivity contribution in [3.8, 4) is 0 Å². The van der Waals surface area contributed by atoms with Gasteiger partial charge in [0.1, 0.15) is 5.52 Å². The van der Waals surface area contributed by atoms with Crippen molar-refractivity contribution in [2.45, 2.75) is 19.1 Å². The minimum atomic E-state index is -0.725. The lowest BCUT2D eigenvalue weighted by Gasteiger charge is -2.07. The van der Waals surface area contributed by atoms with E-state index in [0.29, 0.717) is 24.1 Å². The Kier molecular flexibility index (Phi) is 2.97. The quantitative estimate of drug-likeness (QED) is 0.623. The fourth-order valence-electron chi connectivity index (χ4n) is 1.41. The summed E-state index contributed by atoms with van der Waals surface area (Å²) in [5.74, 6) is 0.192. The van der Waals surface area contributed by atoms with Crippen LogP contribution in [0.2, 0.25) is 0 Å². The molecule has 2 heterocycles. The summed E-state index contributed by atoms with van der Waals surface area (Å²) in [6.07, 6.45) is 2.88. The van der Waals surface area contributed by atoms with Crippen molar-refractivity contribution >= 4 is 17.1 Å². The first-order valence-electron chi connectivity index (χ1n) is 4.93. The lowest BCUT2D eigenvalue weighted by atomic mass is 10.3. The number of aryl methyl sites for hydroxylation is 1. The Morgan fingerprint density at radius 1 is 1.44 bits per heavy atom. The molecule has 0 aliphatic rings. The number of aliphatic hydroxyl groups is 2. The minimum absolute atomic E-state index is 0.192. The average molecular weight is 223 g/mol. The molecule has 0 amide bonds. The van der Waals surface area contributed by atoms with Crippen LogP contribution < -0.4 is 5.73 Å². The van der Waals surface area contributed by atoms with Crippen molar-refractivity contribution in [1.29, 1.82) is 0 Å². The second kappa shape index (κ2) is 4.42. The standard InChI is InChI=1S/C9H13N5O2/c10-9-11-3-7-8(13-9)14(5-12-7)2-1-6(16)4-15/h3,5-6,15-16H,1-2,4H2,(H2,10,11,13). The largest absolute Gasteiger partial charge is 0.394 e. The molecule has 0 aromatic carbocycles. The molecule has 0 bridgehead atoms. The van der Waals surface area contributed by atoms with E-state index in [1.54, 1.807) is 17.1 Å². The predicted octanol–water partition coefficient (Wildman–Crippen LogP) is -0.848. The number of anilines is 1. The maximum absolute atomic E-state index is 9.24. The van der Waals surface area contributed by atoms with Crippen LogP contribution in [0, 0.1) is 0 Å². The van der Waals surface area contributed by atoms with Gasteiger partial charge >= 0.3 is 0 Å². The van der Waals surface area contributed by atoms with E-state index in [0.717, 1.165) is 0 Å². The lowest BCUT2D eigenvalue weighted by Crippen LogP contribution is -2.15. The third-order valence-corrected chi connectivity index (χ3v) is 2.29. The molecule has 0 aliphatic heterocycles. The van der Waals surface area contributed by atoms with E-state index in [2.05, 4.69) is 15.0 Å². The van der Waals surface area contributed by atoms with Gasteiger partial charge in [-0.1, -0.05) is 0 Å². The number of hydrogen-bond donors (Lipinski definition) is 3. The summed E-state index contributed by atoms with van der Waals surface area (Å²) in [6.45, 7) is 0.276. The molecule has 2 aromatic heterocycles. The number of rotatable bonds is 4. The summed E-state index contributed by atoms with van der Waals surface area (Å²) in [4.78, 5) is 12.0. The normalized spacial score (nSPS) is 13.1. The van der Waals surface area contributed by atoms with Crippen LogP contribution >= 0.6 is 0 Å². The third-order valence-electron chi connectivity index (χ3n) is 2.29. The van der Waals surface area contributed by atoms with Crippen LogP contribution in [-0.4, -0.2) is 42.4 Å². The number of nitrogens with two attached hydrogens (primary N) is 1. The van der Waals surface area contributed by atoms with Crippen LogP contribution in [0.3, 0.4) is 0 Å². The number of nitrogen functional groups attached to an aromatic ring is 1. The minimum Gasteiger partial charge on any atom is -0.394 e. The summed E-state index contributed by atoms with van der Waals surface area (Å²) in [5, 5.41) is 17.9. The number of fused-ring (bicyclic) bond motifs is 1. The van der Waals surface area contributed by atoms with Crippen molar-refractivity contribution in [1.82, 2.24) is 19.5 Å². The lowest BCUT2D eigenvalue weighted by molar-refractivity contribution is 0.0848. The van der Waals surface area contributed by atoms with Gasteiger partial charge in [-0.05, 0) is 6.42 Å². The zero-order valence-electron chi connectivity index (χ0n) is 8.61. The molecule has 7 heteroatoms. The molecular formula is C9H13N5O2. The second-order valence-electron chi connectivity index (χ2n) is 3.50. The molecule has 1 atom stereocenters. The van der Waals surface area contributed by atoms with E-state index in [-0.39, 0.29) is 12.6 Å². The van der Waals surface area contributed by atoms with E-state index < -0.39 is 6.10 Å². The molecule has 0 saturated heterocycles. The van der Waals surface area contributed by atoms with Gasteiger partial charge in [-0.15, -0.1) is 0 Å². The van der Waals surface area contributed by atoms with E-state index in [1.165, 1.54) is 0 Å². The summed E-state index contributed by atoms with van der Waals surface area (Å²) in [5.41, 5.74) is 6.78. The number of imidazole rings is 1. The molecule has 0 spiro atoms. The Morgan fingerprint density at radius 2 is 2.25 bits per heavy atom. The van der Waals surface area contributed by atoms with E-state index in [4.69, 9.17) is 10.8 Å². The molecule has 0 aliphatic carbocycles. The van der Waals surface area contributed by atoms with Gasteiger partial charge in [0.15, 0.2) is 5.65 Å². The predicted molar refractivity (Wildman–Crippen MR) is 57.4 cm³/mol. The van der Waals surface area contributed by atoms with Crippen LogP contribution in [-0.2, 0) is 6.54 Å². The first kappa shape index (κ1) is 10.8. The fourth-order valence-corrected chi connectivity index (χ4v) is 1.41. The van der Waals surface area contributed by atoms with Gasteiger partial charge in [0.25, 0.3) is 0 Å². The van der Waals surface area contributed by atoms with Gasteiger partial charge in [-0.3, -0.25) is 0 Å². The molecule has 16 heavy (non-hydrogen) atoms. The maximum atomic E-state index is 9.24. The van der Waals surface area contributed by atoms with Gasteiger partial charge in [0.2, 0.25) is 5.95 Å². The van der Waals surface area contributed by atoms with E-state index >= 15 is 0 Å². The molecular weight excluding hydrogens is 210 g/mol. The van der Waals surface area contributed by atoms with Crippen molar-refractivity contribution in [3.05, 3.63) is 12.5 Å². The molecule has 86 valence electrons. The Hall–Kier alpha value is -1.73. The Morgan fingerprint density at radius 3 is 3.00 bits per heavy atom. The SMILES string of the molecule is Nc1ncc2ncn(CCC(O)CO)c2n1. The third kappa shape index (κ3) is 2.10. The molecule has 4 N–H and O–H groups in total. The van der Waals surface area contributed by atoms with Gasteiger partial charge in [-0.25, -0.2) is 9.97 Å². The summed E-state index contributed by atoms with van der Waals surface area (Å²) in [6, 6.07) is 0. The van der Waals surface area contributed by atoms with Crippen molar-refractivity contribution in [3.63, 3.8) is 0 Å². The van der Waals surface area contributed by atoms with Gasteiger partial charge in [0.05, 0.1) is 25.2 Å². The molecule has 0 radical (unpaired) electrons. The highest BCUT2D eigenvalue weighted by molar-refractivity contribution is 5.70. The summed E-state index contributed by atoms with van der Waals surface area (Å²) >= 11 is 0. The molecule has 2 aromatic rings. The Labute approximate surface area is 91.6 Å². The molecule has 0 fully saturated rings. The van der Waals surface area contributed by atoms with E-state index in [1.807, 2.05) is 0 Å². The van der Waals surface area contributed by atoms with Crippen LogP contribution in [0.5, 0.6) is 0 Å². The van der Waals surface area contributed by atoms with Gasteiger partial charge in [0, 0.05) is 6.54 Å². The maximum Gasteiger partial charge on any atom is 0.222 e. The van der Waals surface area contributed by atoms with Crippen LogP contribution in [0.4, 0.5) is 5.95 Å². The van der Waals surface area contributed by atoms with Crippen molar-refractivity contribution < 1.29 is 10.2 Å². The van der Waals surface area contributed by atoms with Gasteiger partial charge < -0.3 is 20.5 Å². The molecule has 7 nitrogen and oxygen atoms in total. The Balaban J connectivity index is 2.21. The molecule has 1 unspecified atom stereocenters. The topological polar surface area (TPSA) is 110 Å². The van der Waals surface area contributed by atoms with Gasteiger partial charge in [-0.2, -0.15) is 4.98 Å². The zero-order chi connectivity index (χ0) is 11.5. The molecule has 2 rings (SSSR count). The number of hydrogen-bond acceptors (Lipinski definition) is 6. The fraction of sp³-hybridized carbons (Fsp3) is 0.444. The first-order valence-corrected chi connectivity index (χ1v) is 4.93. The monoisotopic (exact) mass is 223 g/mol.